The van der Waals surface area contributed by atoms with Crippen molar-refractivity contribution in [3.05, 3.63) is 35.4 Å². The maximum absolute atomic E-state index is 12.4. The second kappa shape index (κ2) is 4.93. The van der Waals surface area contributed by atoms with Crippen molar-refractivity contribution < 1.29 is 4.79 Å². The van der Waals surface area contributed by atoms with Gasteiger partial charge in [-0.1, -0.05) is 24.3 Å². The fourth-order valence-corrected chi connectivity index (χ4v) is 4.26. The average Bonchev–Trinajstić information content (AvgIpc) is 2.98. The van der Waals surface area contributed by atoms with E-state index in [0.717, 1.165) is 12.8 Å². The average molecular weight is 271 g/mol. The lowest BCUT2D eigenvalue weighted by Gasteiger charge is -2.30. The Labute approximate surface area is 119 Å². The van der Waals surface area contributed by atoms with Gasteiger partial charge in [-0.3, -0.25) is 4.79 Å². The number of carbonyl (C=O) groups is 1. The number of fused-ring (bicyclic) bond motifs is 2. The van der Waals surface area contributed by atoms with E-state index in [0.29, 0.717) is 11.8 Å². The predicted octanol–water partition coefficient (Wildman–Crippen LogP) is 1.92. The van der Waals surface area contributed by atoms with Crippen molar-refractivity contribution in [2.75, 3.05) is 0 Å². The molecule has 4 N–H and O–H groups in total. The number of benzene rings is 1. The molecule has 2 aliphatic carbocycles. The first-order chi connectivity index (χ1) is 9.58. The van der Waals surface area contributed by atoms with Crippen LogP contribution in [0.4, 0.5) is 0 Å². The second-order valence-corrected chi connectivity index (χ2v) is 6.12. The SMILES string of the molecule is Cc1ccccc1[C@H]1C2CCC(C2)[C@@H]1C(=O)N=C(N)N. The van der Waals surface area contributed by atoms with E-state index in [9.17, 15) is 4.79 Å². The van der Waals surface area contributed by atoms with E-state index in [1.165, 1.54) is 17.5 Å². The van der Waals surface area contributed by atoms with Gasteiger partial charge in [0.15, 0.2) is 5.96 Å². The van der Waals surface area contributed by atoms with Crippen molar-refractivity contribution in [1.82, 2.24) is 0 Å². The number of aliphatic imine (C=N–C) groups is 1. The van der Waals surface area contributed by atoms with Crippen molar-refractivity contribution >= 4 is 11.9 Å². The Morgan fingerprint density at radius 2 is 1.90 bits per heavy atom. The fraction of sp³-hybridized carbons (Fsp3) is 0.500. The Morgan fingerprint density at radius 3 is 2.60 bits per heavy atom. The molecule has 2 fully saturated rings. The minimum Gasteiger partial charge on any atom is -0.370 e. The van der Waals surface area contributed by atoms with E-state index in [-0.39, 0.29) is 23.7 Å². The minimum atomic E-state index is -0.134. The van der Waals surface area contributed by atoms with Crippen molar-refractivity contribution in [2.45, 2.75) is 32.1 Å². The molecule has 4 nitrogen and oxygen atoms in total. The van der Waals surface area contributed by atoms with Crippen LogP contribution in [-0.2, 0) is 4.79 Å². The van der Waals surface area contributed by atoms with Gasteiger partial charge in [0.1, 0.15) is 0 Å². The van der Waals surface area contributed by atoms with Crippen LogP contribution >= 0.6 is 0 Å². The summed E-state index contributed by atoms with van der Waals surface area (Å²) in [6.45, 7) is 2.11. The summed E-state index contributed by atoms with van der Waals surface area (Å²) < 4.78 is 0. The number of carbonyl (C=O) groups excluding carboxylic acids is 1. The third-order valence-corrected chi connectivity index (χ3v) is 4.99. The van der Waals surface area contributed by atoms with Crippen LogP contribution in [-0.4, -0.2) is 11.9 Å². The summed E-state index contributed by atoms with van der Waals surface area (Å²) >= 11 is 0. The molecule has 2 aliphatic rings. The number of guanidine groups is 1. The molecule has 1 aromatic carbocycles. The van der Waals surface area contributed by atoms with Gasteiger partial charge in [0, 0.05) is 0 Å². The molecule has 0 aliphatic heterocycles. The number of nitrogens with zero attached hydrogens (tertiary/aromatic N) is 1. The van der Waals surface area contributed by atoms with Crippen molar-refractivity contribution in [3.8, 4) is 0 Å². The van der Waals surface area contributed by atoms with E-state index in [1.54, 1.807) is 0 Å². The zero-order chi connectivity index (χ0) is 14.3. The Balaban J connectivity index is 1.98. The van der Waals surface area contributed by atoms with Gasteiger partial charge in [0.05, 0.1) is 5.92 Å². The summed E-state index contributed by atoms with van der Waals surface area (Å²) in [5, 5.41) is 0. The van der Waals surface area contributed by atoms with E-state index < -0.39 is 0 Å². The second-order valence-electron chi connectivity index (χ2n) is 6.12. The molecule has 0 aromatic heterocycles. The van der Waals surface area contributed by atoms with E-state index in [4.69, 9.17) is 11.5 Å². The lowest BCUT2D eigenvalue weighted by Crippen LogP contribution is -2.31. The van der Waals surface area contributed by atoms with Gasteiger partial charge < -0.3 is 11.5 Å². The Morgan fingerprint density at radius 1 is 1.20 bits per heavy atom. The smallest absolute Gasteiger partial charge is 0.252 e. The monoisotopic (exact) mass is 271 g/mol. The van der Waals surface area contributed by atoms with Crippen LogP contribution in [0.15, 0.2) is 29.3 Å². The van der Waals surface area contributed by atoms with Crippen LogP contribution in [0, 0.1) is 24.7 Å². The Bertz CT molecular complexity index is 563. The number of nitrogens with two attached hydrogens (primary N) is 2. The highest BCUT2D eigenvalue weighted by Crippen LogP contribution is 2.57. The van der Waals surface area contributed by atoms with Gasteiger partial charge in [0.2, 0.25) is 0 Å². The van der Waals surface area contributed by atoms with Crippen molar-refractivity contribution in [2.24, 2.45) is 34.2 Å². The Hall–Kier alpha value is -1.84. The number of hydrogen-bond donors (Lipinski definition) is 2. The molecule has 4 atom stereocenters. The predicted molar refractivity (Wildman–Crippen MR) is 79.1 cm³/mol. The maximum Gasteiger partial charge on any atom is 0.252 e. The molecule has 2 saturated carbocycles. The molecule has 0 heterocycles. The third-order valence-electron chi connectivity index (χ3n) is 4.99. The standard InChI is InChI=1S/C16H21N3O/c1-9-4-2-3-5-12(9)13-10-6-7-11(8-10)14(13)15(20)19-16(17)18/h2-5,10-11,13-14H,6-8H2,1H3,(H4,17,18,19,20)/t10?,11?,13-,14+/m1/s1. The summed E-state index contributed by atoms with van der Waals surface area (Å²) in [6, 6.07) is 8.36. The van der Waals surface area contributed by atoms with Gasteiger partial charge in [0.25, 0.3) is 5.91 Å². The van der Waals surface area contributed by atoms with E-state index in [1.807, 2.05) is 6.07 Å². The molecular weight excluding hydrogens is 250 g/mol. The summed E-state index contributed by atoms with van der Waals surface area (Å²) in [5.41, 5.74) is 13.3. The van der Waals surface area contributed by atoms with Crippen molar-refractivity contribution in [1.29, 1.82) is 0 Å². The van der Waals surface area contributed by atoms with Crippen LogP contribution in [0.2, 0.25) is 0 Å². The Kier molecular flexibility index (Phi) is 3.24. The molecular formula is C16H21N3O. The minimum absolute atomic E-state index is 0.0445. The van der Waals surface area contributed by atoms with Crippen LogP contribution < -0.4 is 11.5 Å². The van der Waals surface area contributed by atoms with Gasteiger partial charge >= 0.3 is 0 Å². The van der Waals surface area contributed by atoms with Crippen LogP contribution in [0.3, 0.4) is 0 Å². The lowest BCUT2D eigenvalue weighted by atomic mass is 9.74. The molecule has 106 valence electrons. The zero-order valence-corrected chi connectivity index (χ0v) is 11.8. The summed E-state index contributed by atoms with van der Waals surface area (Å²) in [4.78, 5) is 16.2. The first-order valence-corrected chi connectivity index (χ1v) is 7.27. The topological polar surface area (TPSA) is 81.5 Å². The molecule has 0 radical (unpaired) electrons. The van der Waals surface area contributed by atoms with Gasteiger partial charge in [-0.2, -0.15) is 4.99 Å². The van der Waals surface area contributed by atoms with Crippen molar-refractivity contribution in [3.63, 3.8) is 0 Å². The van der Waals surface area contributed by atoms with Gasteiger partial charge in [-0.15, -0.1) is 0 Å². The van der Waals surface area contributed by atoms with Crippen LogP contribution in [0.1, 0.15) is 36.3 Å². The summed E-state index contributed by atoms with van der Waals surface area (Å²) in [5.74, 6) is 1.03. The molecule has 3 rings (SSSR count). The third kappa shape index (κ3) is 2.09. The van der Waals surface area contributed by atoms with Gasteiger partial charge in [-0.25, -0.2) is 0 Å². The highest BCUT2D eigenvalue weighted by atomic mass is 16.1. The number of amides is 1. The first-order valence-electron chi connectivity index (χ1n) is 7.27. The van der Waals surface area contributed by atoms with Gasteiger partial charge in [-0.05, 0) is 55.1 Å². The zero-order valence-electron chi connectivity index (χ0n) is 11.8. The molecule has 2 unspecified atom stereocenters. The highest BCUT2D eigenvalue weighted by molar-refractivity contribution is 5.93. The highest BCUT2D eigenvalue weighted by Gasteiger charge is 2.51. The lowest BCUT2D eigenvalue weighted by molar-refractivity contribution is -0.123. The summed E-state index contributed by atoms with van der Waals surface area (Å²) in [7, 11) is 0. The largest absolute Gasteiger partial charge is 0.370 e. The fourth-order valence-electron chi connectivity index (χ4n) is 4.26. The quantitative estimate of drug-likeness (QED) is 0.637. The molecule has 0 spiro atoms. The van der Waals surface area contributed by atoms with E-state index >= 15 is 0 Å². The number of hydrogen-bond acceptors (Lipinski definition) is 1. The molecule has 1 aromatic rings. The first kappa shape index (κ1) is 13.2. The normalized spacial score (nSPS) is 31.2. The molecule has 4 heteroatoms. The van der Waals surface area contributed by atoms with Crippen LogP contribution in [0.5, 0.6) is 0 Å². The summed E-state index contributed by atoms with van der Waals surface area (Å²) in [6.07, 6.45) is 3.48. The molecule has 1 amide bonds. The molecule has 2 bridgehead atoms. The number of rotatable bonds is 2. The van der Waals surface area contributed by atoms with Crippen LogP contribution in [0.25, 0.3) is 0 Å². The maximum atomic E-state index is 12.4. The molecule has 0 saturated heterocycles. The number of aryl methyl sites for hydroxylation is 1. The van der Waals surface area contributed by atoms with E-state index in [2.05, 4.69) is 30.1 Å². The molecule has 20 heavy (non-hydrogen) atoms.